The molecule has 0 bridgehead atoms. The average Bonchev–Trinajstić information content (AvgIpc) is 3.09. The van der Waals surface area contributed by atoms with Gasteiger partial charge in [-0.25, -0.2) is 4.68 Å². The van der Waals surface area contributed by atoms with Crippen LogP contribution in [0.4, 0.5) is 11.4 Å². The van der Waals surface area contributed by atoms with E-state index in [1.807, 2.05) is 47.4 Å². The number of hydrogen-bond acceptors (Lipinski definition) is 3. The van der Waals surface area contributed by atoms with Crippen LogP contribution in [-0.2, 0) is 0 Å². The minimum Gasteiger partial charge on any atom is -0.355 e. The smallest absolute Gasteiger partial charge is 0.0722 e. The molecule has 2 heterocycles. The number of aryl methyl sites for hydroxylation is 1. The SMILES string of the molecule is Cc1cc(Nc2ccnc3ccccc23)cc(-n2cccn2)c1. The van der Waals surface area contributed by atoms with Crippen LogP contribution in [0.1, 0.15) is 5.56 Å². The third-order valence-corrected chi connectivity index (χ3v) is 3.76. The van der Waals surface area contributed by atoms with Crippen LogP contribution in [0, 0.1) is 6.92 Å². The van der Waals surface area contributed by atoms with Crippen molar-refractivity contribution in [2.45, 2.75) is 6.92 Å². The molecule has 0 spiro atoms. The number of nitrogens with zero attached hydrogens (tertiary/aromatic N) is 3. The van der Waals surface area contributed by atoms with Crippen LogP contribution >= 0.6 is 0 Å². The number of para-hydroxylation sites is 1. The third kappa shape index (κ3) is 2.66. The van der Waals surface area contributed by atoms with Crippen molar-refractivity contribution in [3.05, 3.63) is 78.8 Å². The fourth-order valence-electron chi connectivity index (χ4n) is 2.75. The lowest BCUT2D eigenvalue weighted by Crippen LogP contribution is -1.98. The van der Waals surface area contributed by atoms with Gasteiger partial charge in [0.2, 0.25) is 0 Å². The Morgan fingerprint density at radius 1 is 0.957 bits per heavy atom. The molecule has 0 radical (unpaired) electrons. The summed E-state index contributed by atoms with van der Waals surface area (Å²) in [5.41, 5.74) is 5.28. The zero-order valence-corrected chi connectivity index (χ0v) is 12.8. The maximum absolute atomic E-state index is 4.41. The minimum atomic E-state index is 0.984. The Balaban J connectivity index is 1.76. The summed E-state index contributed by atoms with van der Waals surface area (Å²) in [6, 6.07) is 18.4. The number of hydrogen-bond donors (Lipinski definition) is 1. The van der Waals surface area contributed by atoms with Crippen molar-refractivity contribution in [2.75, 3.05) is 5.32 Å². The Bertz CT molecular complexity index is 953. The molecule has 4 rings (SSSR count). The average molecular weight is 300 g/mol. The molecule has 0 saturated carbocycles. The van der Waals surface area contributed by atoms with E-state index in [9.17, 15) is 0 Å². The molecular weight excluding hydrogens is 284 g/mol. The molecule has 0 aliphatic carbocycles. The molecule has 0 fully saturated rings. The molecule has 112 valence electrons. The summed E-state index contributed by atoms with van der Waals surface area (Å²) in [7, 11) is 0. The Morgan fingerprint density at radius 3 is 2.74 bits per heavy atom. The topological polar surface area (TPSA) is 42.7 Å². The van der Waals surface area contributed by atoms with Crippen molar-refractivity contribution in [1.82, 2.24) is 14.8 Å². The van der Waals surface area contributed by atoms with Crippen LogP contribution in [-0.4, -0.2) is 14.8 Å². The third-order valence-electron chi connectivity index (χ3n) is 3.76. The fraction of sp³-hybridized carbons (Fsp3) is 0.0526. The Morgan fingerprint density at radius 2 is 1.87 bits per heavy atom. The Kier molecular flexibility index (Phi) is 3.27. The van der Waals surface area contributed by atoms with Crippen LogP contribution in [0.5, 0.6) is 0 Å². The normalized spacial score (nSPS) is 10.8. The summed E-state index contributed by atoms with van der Waals surface area (Å²) in [5, 5.41) is 8.92. The second-order valence-corrected chi connectivity index (χ2v) is 5.51. The first-order chi connectivity index (χ1) is 11.3. The number of aromatic nitrogens is 3. The van der Waals surface area contributed by atoms with Gasteiger partial charge in [-0.3, -0.25) is 4.98 Å². The highest BCUT2D eigenvalue weighted by molar-refractivity contribution is 5.92. The summed E-state index contributed by atoms with van der Waals surface area (Å²) >= 11 is 0. The molecule has 0 saturated heterocycles. The number of benzene rings is 2. The monoisotopic (exact) mass is 300 g/mol. The van der Waals surface area contributed by atoms with Crippen molar-refractivity contribution in [3.63, 3.8) is 0 Å². The van der Waals surface area contributed by atoms with Gasteiger partial charge >= 0.3 is 0 Å². The Labute approximate surface area is 134 Å². The van der Waals surface area contributed by atoms with Crippen molar-refractivity contribution in [2.24, 2.45) is 0 Å². The predicted molar refractivity (Wildman–Crippen MR) is 93.3 cm³/mol. The van der Waals surface area contributed by atoms with E-state index in [0.717, 1.165) is 28.0 Å². The van der Waals surface area contributed by atoms with E-state index in [1.165, 1.54) is 5.56 Å². The van der Waals surface area contributed by atoms with Crippen LogP contribution in [0.3, 0.4) is 0 Å². The van der Waals surface area contributed by atoms with E-state index in [1.54, 1.807) is 6.20 Å². The minimum absolute atomic E-state index is 0.984. The lowest BCUT2D eigenvalue weighted by atomic mass is 10.1. The lowest BCUT2D eigenvalue weighted by Gasteiger charge is -2.12. The van der Waals surface area contributed by atoms with E-state index in [-0.39, 0.29) is 0 Å². The van der Waals surface area contributed by atoms with Gasteiger partial charge in [-0.2, -0.15) is 5.10 Å². The summed E-state index contributed by atoms with van der Waals surface area (Å²) in [6.45, 7) is 2.09. The molecule has 4 aromatic rings. The quantitative estimate of drug-likeness (QED) is 0.607. The summed E-state index contributed by atoms with van der Waals surface area (Å²) in [5.74, 6) is 0. The van der Waals surface area contributed by atoms with E-state index < -0.39 is 0 Å². The van der Waals surface area contributed by atoms with Gasteiger partial charge in [0.15, 0.2) is 0 Å². The number of rotatable bonds is 3. The van der Waals surface area contributed by atoms with Crippen LogP contribution in [0.15, 0.2) is 73.2 Å². The zero-order valence-electron chi connectivity index (χ0n) is 12.8. The zero-order chi connectivity index (χ0) is 15.6. The second-order valence-electron chi connectivity index (χ2n) is 5.51. The Hall–Kier alpha value is -3.14. The highest BCUT2D eigenvalue weighted by Gasteiger charge is 2.05. The van der Waals surface area contributed by atoms with Gasteiger partial charge in [0, 0.05) is 35.4 Å². The molecule has 4 nitrogen and oxygen atoms in total. The van der Waals surface area contributed by atoms with E-state index in [0.29, 0.717) is 0 Å². The van der Waals surface area contributed by atoms with Gasteiger partial charge in [-0.15, -0.1) is 0 Å². The maximum Gasteiger partial charge on any atom is 0.0722 e. The van der Waals surface area contributed by atoms with Gasteiger partial charge in [0.1, 0.15) is 0 Å². The molecule has 23 heavy (non-hydrogen) atoms. The van der Waals surface area contributed by atoms with Gasteiger partial charge in [-0.05, 0) is 48.9 Å². The van der Waals surface area contributed by atoms with Crippen molar-refractivity contribution in [1.29, 1.82) is 0 Å². The molecule has 0 aliphatic heterocycles. The molecule has 0 atom stereocenters. The van der Waals surface area contributed by atoms with Crippen LogP contribution < -0.4 is 5.32 Å². The van der Waals surface area contributed by atoms with Gasteiger partial charge in [-0.1, -0.05) is 18.2 Å². The largest absolute Gasteiger partial charge is 0.355 e. The number of nitrogens with one attached hydrogen (secondary N) is 1. The van der Waals surface area contributed by atoms with Gasteiger partial charge in [0.05, 0.1) is 11.2 Å². The van der Waals surface area contributed by atoms with E-state index >= 15 is 0 Å². The second kappa shape index (κ2) is 5.57. The highest BCUT2D eigenvalue weighted by Crippen LogP contribution is 2.26. The van der Waals surface area contributed by atoms with Crippen LogP contribution in [0.2, 0.25) is 0 Å². The first-order valence-corrected chi connectivity index (χ1v) is 7.52. The molecule has 0 amide bonds. The number of pyridine rings is 1. The fourth-order valence-corrected chi connectivity index (χ4v) is 2.75. The molecule has 0 unspecified atom stereocenters. The molecule has 2 aromatic heterocycles. The van der Waals surface area contributed by atoms with Crippen molar-refractivity contribution in [3.8, 4) is 5.69 Å². The summed E-state index contributed by atoms with van der Waals surface area (Å²) in [4.78, 5) is 4.41. The molecule has 4 heteroatoms. The van der Waals surface area contributed by atoms with Gasteiger partial charge < -0.3 is 5.32 Å². The first kappa shape index (κ1) is 13.5. The van der Waals surface area contributed by atoms with E-state index in [2.05, 4.69) is 46.6 Å². The molecule has 1 N–H and O–H groups in total. The standard InChI is InChI=1S/C19H16N4/c1-14-11-15(13-16(12-14)23-10-4-8-21-23)22-19-7-9-20-18-6-3-2-5-17(18)19/h2-13H,1H3,(H,20,22). The summed E-state index contributed by atoms with van der Waals surface area (Å²) in [6.07, 6.45) is 5.56. The number of anilines is 2. The van der Waals surface area contributed by atoms with Gasteiger partial charge in [0.25, 0.3) is 0 Å². The van der Waals surface area contributed by atoms with Crippen molar-refractivity contribution < 1.29 is 0 Å². The lowest BCUT2D eigenvalue weighted by molar-refractivity contribution is 0.879. The number of fused-ring (bicyclic) bond motifs is 1. The predicted octanol–water partition coefficient (Wildman–Crippen LogP) is 4.47. The molecular formula is C19H16N4. The first-order valence-electron chi connectivity index (χ1n) is 7.52. The molecule has 2 aromatic carbocycles. The maximum atomic E-state index is 4.41. The summed E-state index contributed by atoms with van der Waals surface area (Å²) < 4.78 is 1.86. The van der Waals surface area contributed by atoms with Crippen LogP contribution in [0.25, 0.3) is 16.6 Å². The van der Waals surface area contributed by atoms with Crippen molar-refractivity contribution >= 4 is 22.3 Å². The van der Waals surface area contributed by atoms with E-state index in [4.69, 9.17) is 0 Å². The highest BCUT2D eigenvalue weighted by atomic mass is 15.3. The molecule has 0 aliphatic rings.